The van der Waals surface area contributed by atoms with Gasteiger partial charge in [-0.2, -0.15) is 0 Å². The molecule has 1 fully saturated rings. The van der Waals surface area contributed by atoms with Crippen LogP contribution in [0.1, 0.15) is 17.0 Å². The van der Waals surface area contributed by atoms with Crippen molar-refractivity contribution in [1.29, 1.82) is 0 Å². The highest BCUT2D eigenvalue weighted by Gasteiger charge is 2.35. The van der Waals surface area contributed by atoms with E-state index in [-0.39, 0.29) is 24.3 Å². The van der Waals surface area contributed by atoms with Crippen LogP contribution in [-0.2, 0) is 4.79 Å². The highest BCUT2D eigenvalue weighted by atomic mass is 35.5. The molecule has 0 bridgehead atoms. The van der Waals surface area contributed by atoms with Crippen LogP contribution in [0.15, 0.2) is 53.4 Å². The molecule has 1 aliphatic rings. The molecule has 1 saturated heterocycles. The lowest BCUT2D eigenvalue weighted by atomic mass is 10.2. The Morgan fingerprint density at radius 3 is 2.50 bits per heavy atom. The van der Waals surface area contributed by atoms with Crippen LogP contribution in [0.2, 0.25) is 10.0 Å². The van der Waals surface area contributed by atoms with Gasteiger partial charge in [-0.15, -0.1) is 0 Å². The molecule has 4 rings (SSSR count). The number of amides is 2. The maximum absolute atomic E-state index is 12.9. The molecule has 2 amide bonds. The van der Waals surface area contributed by atoms with E-state index in [2.05, 4.69) is 0 Å². The maximum Gasteiger partial charge on any atom is 0.293 e. The fourth-order valence-electron chi connectivity index (χ4n) is 3.79. The number of carbonyl (C=O) groups is 2. The molecule has 0 spiro atoms. The van der Waals surface area contributed by atoms with E-state index in [0.29, 0.717) is 26.4 Å². The second-order valence-electron chi connectivity index (χ2n) is 7.57. The third kappa shape index (κ3) is 4.69. The lowest BCUT2D eigenvalue weighted by Crippen LogP contribution is -2.32. The molecule has 0 N–H and O–H groups in total. The third-order valence-electron chi connectivity index (χ3n) is 5.44. The number of methoxy groups -OCH3 is 1. The molecule has 1 aliphatic heterocycles. The van der Waals surface area contributed by atoms with Gasteiger partial charge in [-0.05, 0) is 67.6 Å². The van der Waals surface area contributed by atoms with Crippen LogP contribution in [0.5, 0.6) is 11.5 Å². The molecule has 0 saturated carbocycles. The fraction of sp³-hybridized carbons (Fsp3) is 0.200. The third-order valence-corrected chi connectivity index (χ3v) is 7.16. The van der Waals surface area contributed by atoms with Crippen molar-refractivity contribution in [1.82, 2.24) is 9.47 Å². The first-order chi connectivity index (χ1) is 16.3. The number of para-hydroxylation sites is 2. The zero-order valence-corrected chi connectivity index (χ0v) is 21.1. The summed E-state index contributed by atoms with van der Waals surface area (Å²) in [4.78, 5) is 27.0. The molecule has 34 heavy (non-hydrogen) atoms. The van der Waals surface area contributed by atoms with Crippen LogP contribution < -0.4 is 9.47 Å². The number of thioether (sulfide) groups is 1. The lowest BCUT2D eigenvalue weighted by molar-refractivity contribution is -0.123. The molecule has 0 aliphatic carbocycles. The Morgan fingerprint density at radius 1 is 1.03 bits per heavy atom. The topological polar surface area (TPSA) is 60.8 Å². The molecule has 1 aromatic heterocycles. The van der Waals surface area contributed by atoms with Crippen molar-refractivity contribution < 1.29 is 19.1 Å². The summed E-state index contributed by atoms with van der Waals surface area (Å²) in [6.07, 6.45) is 1.74. The Labute approximate surface area is 212 Å². The number of aryl methyl sites for hydroxylation is 1. The predicted octanol–water partition coefficient (Wildman–Crippen LogP) is 6.52. The van der Waals surface area contributed by atoms with Crippen LogP contribution in [0.3, 0.4) is 0 Å². The number of hydrogen-bond donors (Lipinski definition) is 0. The van der Waals surface area contributed by atoms with Gasteiger partial charge in [0, 0.05) is 11.4 Å². The summed E-state index contributed by atoms with van der Waals surface area (Å²) in [7, 11) is 1.56. The Hall–Kier alpha value is -2.87. The monoisotopic (exact) mass is 516 g/mol. The smallest absolute Gasteiger partial charge is 0.293 e. The summed E-state index contributed by atoms with van der Waals surface area (Å²) in [5.41, 5.74) is 3.39. The van der Waals surface area contributed by atoms with Crippen LogP contribution >= 0.6 is 35.0 Å². The standard InChI is InChI=1S/C25H22Cl2N2O4S/c1-15-13-17(16(2)29(15)19-8-6-7-18(26)23(19)27)14-22-24(30)28(25(31)34-22)11-12-33-21-10-5-4-9-20(21)32-3/h4-10,13-14H,11-12H2,1-3H3/b22-14-. The van der Waals surface area contributed by atoms with Crippen molar-refractivity contribution >= 4 is 52.2 Å². The SMILES string of the molecule is COc1ccccc1OCCN1C(=O)S/C(=C\c2cc(C)n(-c3cccc(Cl)c3Cl)c2C)C1=O. The molecule has 6 nitrogen and oxygen atoms in total. The molecule has 2 aromatic carbocycles. The summed E-state index contributed by atoms with van der Waals surface area (Å²) in [6.45, 7) is 4.18. The molecule has 9 heteroatoms. The van der Waals surface area contributed by atoms with E-state index < -0.39 is 0 Å². The van der Waals surface area contributed by atoms with Crippen LogP contribution in [0.4, 0.5) is 4.79 Å². The normalized spacial score (nSPS) is 14.9. The number of aromatic nitrogens is 1. The number of nitrogens with zero attached hydrogens (tertiary/aromatic N) is 2. The summed E-state index contributed by atoms with van der Waals surface area (Å²) < 4.78 is 13.0. The van der Waals surface area contributed by atoms with E-state index >= 15 is 0 Å². The maximum atomic E-state index is 12.9. The summed E-state index contributed by atoms with van der Waals surface area (Å²) >= 11 is 13.5. The number of rotatable bonds is 7. The first kappa shape index (κ1) is 24.3. The molecule has 3 aromatic rings. The summed E-state index contributed by atoms with van der Waals surface area (Å²) in [5, 5.41) is 0.587. The number of carbonyl (C=O) groups excluding carboxylic acids is 2. The molecule has 0 unspecified atom stereocenters. The van der Waals surface area contributed by atoms with E-state index in [1.54, 1.807) is 31.4 Å². The van der Waals surface area contributed by atoms with Gasteiger partial charge in [-0.1, -0.05) is 41.4 Å². The number of ether oxygens (including phenoxy) is 2. The Morgan fingerprint density at radius 2 is 1.76 bits per heavy atom. The van der Waals surface area contributed by atoms with Crippen molar-refractivity contribution in [3.8, 4) is 17.2 Å². The fourth-order valence-corrected chi connectivity index (χ4v) is 5.02. The Bertz CT molecular complexity index is 1300. The quantitative estimate of drug-likeness (QED) is 0.334. The van der Waals surface area contributed by atoms with Gasteiger partial charge in [0.25, 0.3) is 11.1 Å². The van der Waals surface area contributed by atoms with Gasteiger partial charge in [0.1, 0.15) is 6.61 Å². The second-order valence-corrected chi connectivity index (χ2v) is 9.35. The Kier molecular flexibility index (Phi) is 7.26. The predicted molar refractivity (Wildman–Crippen MR) is 136 cm³/mol. The minimum atomic E-state index is -0.343. The van der Waals surface area contributed by atoms with E-state index in [1.165, 1.54) is 4.90 Å². The minimum absolute atomic E-state index is 0.136. The van der Waals surface area contributed by atoms with Crippen molar-refractivity contribution in [2.75, 3.05) is 20.3 Å². The minimum Gasteiger partial charge on any atom is -0.493 e. The van der Waals surface area contributed by atoms with E-state index in [1.807, 2.05) is 48.7 Å². The molecular formula is C25H22Cl2N2O4S. The molecule has 176 valence electrons. The van der Waals surface area contributed by atoms with E-state index in [0.717, 1.165) is 34.4 Å². The number of benzene rings is 2. The number of halogens is 2. The highest BCUT2D eigenvalue weighted by Crippen LogP contribution is 2.35. The molecule has 0 atom stereocenters. The van der Waals surface area contributed by atoms with Crippen LogP contribution in [-0.4, -0.2) is 40.9 Å². The van der Waals surface area contributed by atoms with Crippen LogP contribution in [0.25, 0.3) is 11.8 Å². The van der Waals surface area contributed by atoms with Crippen molar-refractivity contribution in [2.45, 2.75) is 13.8 Å². The first-order valence-electron chi connectivity index (χ1n) is 10.5. The largest absolute Gasteiger partial charge is 0.493 e. The van der Waals surface area contributed by atoms with Crippen molar-refractivity contribution in [2.24, 2.45) is 0 Å². The molecular weight excluding hydrogens is 495 g/mol. The van der Waals surface area contributed by atoms with Gasteiger partial charge in [0.2, 0.25) is 0 Å². The van der Waals surface area contributed by atoms with Gasteiger partial charge in [-0.25, -0.2) is 0 Å². The number of hydrogen-bond acceptors (Lipinski definition) is 5. The van der Waals surface area contributed by atoms with Crippen LogP contribution in [0, 0.1) is 13.8 Å². The second kappa shape index (κ2) is 10.2. The van der Waals surface area contributed by atoms with E-state index in [9.17, 15) is 9.59 Å². The zero-order valence-electron chi connectivity index (χ0n) is 18.8. The van der Waals surface area contributed by atoms with Crippen molar-refractivity contribution in [3.05, 3.63) is 80.4 Å². The zero-order chi connectivity index (χ0) is 24.4. The van der Waals surface area contributed by atoms with Gasteiger partial charge in [0.15, 0.2) is 11.5 Å². The molecule has 2 heterocycles. The number of imide groups is 1. The first-order valence-corrected chi connectivity index (χ1v) is 12.0. The average Bonchev–Trinajstić information content (AvgIpc) is 3.25. The van der Waals surface area contributed by atoms with E-state index in [4.69, 9.17) is 32.7 Å². The van der Waals surface area contributed by atoms with Gasteiger partial charge < -0.3 is 14.0 Å². The summed E-state index contributed by atoms with van der Waals surface area (Å²) in [6, 6.07) is 14.6. The Balaban J connectivity index is 1.52. The average molecular weight is 517 g/mol. The van der Waals surface area contributed by atoms with Gasteiger partial charge in [0.05, 0.1) is 34.3 Å². The molecule has 0 radical (unpaired) electrons. The summed E-state index contributed by atoms with van der Waals surface area (Å²) in [5.74, 6) is 0.801. The lowest BCUT2D eigenvalue weighted by Gasteiger charge is -2.14. The highest BCUT2D eigenvalue weighted by molar-refractivity contribution is 8.18. The van der Waals surface area contributed by atoms with Gasteiger partial charge in [-0.3, -0.25) is 14.5 Å². The van der Waals surface area contributed by atoms with Gasteiger partial charge >= 0.3 is 0 Å². The van der Waals surface area contributed by atoms with Crippen molar-refractivity contribution in [3.63, 3.8) is 0 Å².